The van der Waals surface area contributed by atoms with E-state index in [0.29, 0.717) is 11.8 Å². The van der Waals surface area contributed by atoms with Crippen molar-refractivity contribution in [3.8, 4) is 0 Å². The van der Waals surface area contributed by atoms with Gasteiger partial charge in [-0.2, -0.15) is 0 Å². The van der Waals surface area contributed by atoms with Crippen LogP contribution in [0.5, 0.6) is 0 Å². The van der Waals surface area contributed by atoms with Crippen LogP contribution in [-0.2, 0) is 4.79 Å². The van der Waals surface area contributed by atoms with Gasteiger partial charge in [-0.3, -0.25) is 4.79 Å². The van der Waals surface area contributed by atoms with Gasteiger partial charge >= 0.3 is 10.2 Å². The summed E-state index contributed by atoms with van der Waals surface area (Å²) in [5.41, 5.74) is 0.218. The first-order chi connectivity index (χ1) is 9.94. The Labute approximate surface area is 121 Å². The van der Waals surface area contributed by atoms with E-state index in [1.165, 1.54) is 6.08 Å². The van der Waals surface area contributed by atoms with Gasteiger partial charge in [0.2, 0.25) is 0 Å². The fourth-order valence-corrected chi connectivity index (χ4v) is 2.81. The SMILES string of the molecule is O=C1Nc2ccc(S(F)(F)(F)(F)F)cc2/C1=C/c1ccc[nH]1. The molecule has 2 aromatic rings. The first-order valence-electron chi connectivity index (χ1n) is 5.99. The van der Waals surface area contributed by atoms with Gasteiger partial charge in [0.05, 0.1) is 5.57 Å². The average molecular weight is 336 g/mol. The zero-order valence-corrected chi connectivity index (χ0v) is 11.6. The van der Waals surface area contributed by atoms with Crippen molar-refractivity contribution in [3.63, 3.8) is 0 Å². The van der Waals surface area contributed by atoms with Crippen molar-refractivity contribution in [3.05, 3.63) is 47.8 Å². The summed E-state index contributed by atoms with van der Waals surface area (Å²) in [6.07, 6.45) is 2.86. The lowest BCUT2D eigenvalue weighted by Crippen LogP contribution is -2.06. The molecule has 0 atom stereocenters. The van der Waals surface area contributed by atoms with Crippen LogP contribution in [0.1, 0.15) is 11.3 Å². The minimum atomic E-state index is -9.79. The number of aromatic amines is 1. The number of anilines is 1. The number of nitrogens with one attached hydrogen (secondary N) is 2. The van der Waals surface area contributed by atoms with Gasteiger partial charge in [0.1, 0.15) is 4.90 Å². The van der Waals surface area contributed by atoms with Gasteiger partial charge in [0, 0.05) is 23.1 Å². The number of amides is 1. The minimum Gasteiger partial charge on any atom is -0.362 e. The molecule has 3 rings (SSSR count). The summed E-state index contributed by atoms with van der Waals surface area (Å²) >= 11 is 0. The maximum atomic E-state index is 12.9. The molecule has 3 nitrogen and oxygen atoms in total. The van der Waals surface area contributed by atoms with E-state index >= 15 is 0 Å². The first-order valence-corrected chi connectivity index (χ1v) is 7.94. The molecule has 0 radical (unpaired) electrons. The Morgan fingerprint density at radius 1 is 1.05 bits per heavy atom. The number of halogens is 5. The van der Waals surface area contributed by atoms with Gasteiger partial charge in [-0.15, -0.1) is 0 Å². The second kappa shape index (κ2) is 3.72. The average Bonchev–Trinajstić information content (AvgIpc) is 2.95. The highest BCUT2D eigenvalue weighted by Crippen LogP contribution is 3.02. The van der Waals surface area contributed by atoms with Gasteiger partial charge in [0.15, 0.2) is 0 Å². The van der Waals surface area contributed by atoms with Gasteiger partial charge < -0.3 is 10.3 Å². The summed E-state index contributed by atoms with van der Waals surface area (Å²) in [5, 5.41) is 2.34. The molecular weight excluding hydrogens is 327 g/mol. The third-order valence-corrected chi connectivity index (χ3v) is 4.29. The quantitative estimate of drug-likeness (QED) is 0.577. The first kappa shape index (κ1) is 14.6. The smallest absolute Gasteiger partial charge is 0.310 e. The molecule has 0 bridgehead atoms. The number of carbonyl (C=O) groups excluding carboxylic acids is 1. The Morgan fingerprint density at radius 3 is 2.36 bits per heavy atom. The number of benzene rings is 1. The van der Waals surface area contributed by atoms with E-state index in [0.717, 1.165) is 6.07 Å². The Hall–Kier alpha value is -2.29. The molecule has 0 saturated carbocycles. The fraction of sp³-hybridized carbons (Fsp3) is 0. The molecule has 1 aromatic heterocycles. The van der Waals surface area contributed by atoms with Crippen LogP contribution in [0.15, 0.2) is 41.4 Å². The second-order valence-electron chi connectivity index (χ2n) is 4.81. The number of fused-ring (bicyclic) bond motifs is 1. The molecule has 9 heteroatoms. The molecule has 0 aliphatic carbocycles. The van der Waals surface area contributed by atoms with Crippen molar-refractivity contribution in [2.24, 2.45) is 0 Å². The molecule has 1 aromatic carbocycles. The molecule has 1 aliphatic rings. The van der Waals surface area contributed by atoms with Gasteiger partial charge in [-0.1, -0.05) is 19.4 Å². The normalized spacial score (nSPS) is 19.5. The lowest BCUT2D eigenvalue weighted by molar-refractivity contribution is -0.110. The predicted octanol–water partition coefficient (Wildman–Crippen LogP) is 5.16. The van der Waals surface area contributed by atoms with Crippen LogP contribution in [0.25, 0.3) is 11.6 Å². The standard InChI is InChI=1S/C13H9F5N2OS/c14-22(15,16,17,18)9-3-4-12-10(7-9)11(13(21)20-12)6-8-2-1-5-19-8/h1-7,19H,(H,20,21)/b11-6-. The van der Waals surface area contributed by atoms with Crippen molar-refractivity contribution in [2.45, 2.75) is 4.90 Å². The van der Waals surface area contributed by atoms with E-state index in [4.69, 9.17) is 0 Å². The van der Waals surface area contributed by atoms with Crippen molar-refractivity contribution in [2.75, 3.05) is 5.32 Å². The molecule has 2 heterocycles. The monoisotopic (exact) mass is 336 g/mol. The van der Waals surface area contributed by atoms with Crippen LogP contribution < -0.4 is 5.32 Å². The Balaban J connectivity index is 2.18. The predicted molar refractivity (Wildman–Crippen MR) is 75.1 cm³/mol. The third kappa shape index (κ3) is 2.59. The van der Waals surface area contributed by atoms with Crippen LogP contribution >= 0.6 is 10.2 Å². The fourth-order valence-electron chi connectivity index (χ4n) is 2.14. The molecule has 22 heavy (non-hydrogen) atoms. The van der Waals surface area contributed by atoms with E-state index in [1.807, 2.05) is 0 Å². The third-order valence-electron chi connectivity index (χ3n) is 3.14. The Kier molecular flexibility index (Phi) is 2.48. The summed E-state index contributed by atoms with van der Waals surface area (Å²) in [7, 11) is -9.79. The van der Waals surface area contributed by atoms with Crippen LogP contribution in [0.3, 0.4) is 0 Å². The van der Waals surface area contributed by atoms with Crippen LogP contribution in [0, 0.1) is 0 Å². The van der Waals surface area contributed by atoms with Crippen LogP contribution in [0.2, 0.25) is 0 Å². The summed E-state index contributed by atoms with van der Waals surface area (Å²) in [6.45, 7) is 0. The molecular formula is C13H9F5N2OS. The number of rotatable bonds is 2. The summed E-state index contributed by atoms with van der Waals surface area (Å²) in [5.74, 6) is -0.649. The molecule has 1 aliphatic heterocycles. The second-order valence-corrected chi connectivity index (χ2v) is 7.22. The molecule has 118 valence electrons. The Bertz CT molecular complexity index is 809. The topological polar surface area (TPSA) is 44.9 Å². The highest BCUT2D eigenvalue weighted by molar-refractivity contribution is 8.45. The van der Waals surface area contributed by atoms with Gasteiger partial charge in [-0.25, -0.2) is 0 Å². The van der Waals surface area contributed by atoms with Crippen molar-refractivity contribution in [1.82, 2.24) is 4.98 Å². The van der Waals surface area contributed by atoms with Crippen molar-refractivity contribution < 1.29 is 24.2 Å². The zero-order valence-electron chi connectivity index (χ0n) is 10.7. The number of aromatic nitrogens is 1. The van der Waals surface area contributed by atoms with E-state index in [2.05, 4.69) is 10.3 Å². The number of hydrogen-bond acceptors (Lipinski definition) is 1. The van der Waals surface area contributed by atoms with E-state index in [1.54, 1.807) is 18.3 Å². The summed E-state index contributed by atoms with van der Waals surface area (Å²) in [6, 6.07) is 4.63. The van der Waals surface area contributed by atoms with Crippen molar-refractivity contribution >= 4 is 33.5 Å². The molecule has 0 unspecified atom stereocenters. The number of carbonyl (C=O) groups is 1. The number of H-pyrrole nitrogens is 1. The maximum Gasteiger partial charge on any atom is 0.310 e. The summed E-state index contributed by atoms with van der Waals surface area (Å²) in [4.78, 5) is 12.6. The minimum absolute atomic E-state index is 0.0633. The van der Waals surface area contributed by atoms with Gasteiger partial charge in [-0.05, 0) is 36.4 Å². The molecule has 1 amide bonds. The molecule has 0 spiro atoms. The number of hydrogen-bond donors (Lipinski definition) is 2. The Morgan fingerprint density at radius 2 is 1.77 bits per heavy atom. The van der Waals surface area contributed by atoms with Crippen LogP contribution in [-0.4, -0.2) is 10.9 Å². The van der Waals surface area contributed by atoms with E-state index in [-0.39, 0.29) is 22.9 Å². The zero-order chi connectivity index (χ0) is 16.2. The van der Waals surface area contributed by atoms with Crippen molar-refractivity contribution in [1.29, 1.82) is 0 Å². The molecule has 0 saturated heterocycles. The maximum absolute atomic E-state index is 12.9. The highest BCUT2D eigenvalue weighted by atomic mass is 32.5. The van der Waals surface area contributed by atoms with Crippen LogP contribution in [0.4, 0.5) is 25.1 Å². The lowest BCUT2D eigenvalue weighted by atomic mass is 10.1. The lowest BCUT2D eigenvalue weighted by Gasteiger charge is -2.40. The largest absolute Gasteiger partial charge is 0.362 e. The molecule has 2 N–H and O–H groups in total. The highest BCUT2D eigenvalue weighted by Gasteiger charge is 2.65. The van der Waals surface area contributed by atoms with Gasteiger partial charge in [0.25, 0.3) is 5.91 Å². The van der Waals surface area contributed by atoms with E-state index in [9.17, 15) is 24.2 Å². The summed E-state index contributed by atoms with van der Waals surface area (Å²) < 4.78 is 64.4. The molecule has 0 fully saturated rings. The van der Waals surface area contributed by atoms with E-state index < -0.39 is 21.0 Å².